The summed E-state index contributed by atoms with van der Waals surface area (Å²) in [7, 11) is 0. The van der Waals surface area contributed by atoms with Crippen molar-refractivity contribution in [3.8, 4) is 22.4 Å². The van der Waals surface area contributed by atoms with Crippen molar-refractivity contribution in [3.63, 3.8) is 0 Å². The standard InChI is InChI=1S/C17H15N9OS/c1-2-10-13(28-17(23-10)15-20-4-3-5-21-15)16(27)22-9-12-24-14(26-25-12)11-8-18-6-7-19-11/h3-8H,2,9H2,1H3,(H,22,27)(H,24,25,26). The lowest BCUT2D eigenvalue weighted by atomic mass is 10.3. The van der Waals surface area contributed by atoms with Gasteiger partial charge in [-0.1, -0.05) is 6.92 Å². The number of H-pyrrole nitrogens is 1. The molecule has 4 rings (SSSR count). The van der Waals surface area contributed by atoms with Gasteiger partial charge in [-0.2, -0.15) is 5.10 Å². The summed E-state index contributed by atoms with van der Waals surface area (Å²) in [4.78, 5) is 38.5. The fourth-order valence-corrected chi connectivity index (χ4v) is 3.44. The first-order chi connectivity index (χ1) is 13.7. The average Bonchev–Trinajstić information content (AvgIpc) is 3.40. The molecule has 28 heavy (non-hydrogen) atoms. The number of hydrogen-bond acceptors (Lipinski definition) is 9. The molecule has 0 spiro atoms. The van der Waals surface area contributed by atoms with Gasteiger partial charge in [0.05, 0.1) is 18.4 Å². The third-order valence-corrected chi connectivity index (χ3v) is 4.83. The Morgan fingerprint density at radius 2 is 1.96 bits per heavy atom. The minimum atomic E-state index is -0.228. The summed E-state index contributed by atoms with van der Waals surface area (Å²) < 4.78 is 0. The van der Waals surface area contributed by atoms with Gasteiger partial charge in [0.15, 0.2) is 10.8 Å². The number of rotatable bonds is 6. The highest BCUT2D eigenvalue weighted by Gasteiger charge is 2.19. The third kappa shape index (κ3) is 3.74. The first kappa shape index (κ1) is 17.8. The van der Waals surface area contributed by atoms with Crippen LogP contribution in [-0.2, 0) is 13.0 Å². The molecule has 0 saturated heterocycles. The maximum Gasteiger partial charge on any atom is 0.263 e. The van der Waals surface area contributed by atoms with Crippen LogP contribution in [0.4, 0.5) is 0 Å². The molecule has 4 aromatic heterocycles. The summed E-state index contributed by atoms with van der Waals surface area (Å²) in [6, 6.07) is 1.73. The van der Waals surface area contributed by atoms with Crippen molar-refractivity contribution in [2.45, 2.75) is 19.9 Å². The third-order valence-electron chi connectivity index (χ3n) is 3.74. The number of aryl methyl sites for hydroxylation is 1. The van der Waals surface area contributed by atoms with Gasteiger partial charge in [-0.25, -0.2) is 24.9 Å². The Bertz CT molecular complexity index is 1080. The molecular weight excluding hydrogens is 378 g/mol. The molecule has 0 aliphatic carbocycles. The molecule has 0 radical (unpaired) electrons. The monoisotopic (exact) mass is 393 g/mol. The van der Waals surface area contributed by atoms with E-state index in [4.69, 9.17) is 0 Å². The largest absolute Gasteiger partial charge is 0.344 e. The maximum absolute atomic E-state index is 12.7. The van der Waals surface area contributed by atoms with Gasteiger partial charge in [-0.3, -0.25) is 14.9 Å². The van der Waals surface area contributed by atoms with Gasteiger partial charge < -0.3 is 5.32 Å². The van der Waals surface area contributed by atoms with Crippen LogP contribution < -0.4 is 5.32 Å². The van der Waals surface area contributed by atoms with Crippen LogP contribution in [0, 0.1) is 0 Å². The van der Waals surface area contributed by atoms with Gasteiger partial charge in [0.2, 0.25) is 5.82 Å². The van der Waals surface area contributed by atoms with Crippen LogP contribution in [0.1, 0.15) is 28.1 Å². The maximum atomic E-state index is 12.7. The summed E-state index contributed by atoms with van der Waals surface area (Å²) in [6.07, 6.45) is 8.64. The number of nitrogens with zero attached hydrogens (tertiary/aromatic N) is 7. The van der Waals surface area contributed by atoms with Gasteiger partial charge in [0, 0.05) is 24.8 Å². The second-order valence-electron chi connectivity index (χ2n) is 5.60. The van der Waals surface area contributed by atoms with Crippen molar-refractivity contribution in [2.24, 2.45) is 0 Å². The predicted molar refractivity (Wildman–Crippen MR) is 101 cm³/mol. The minimum absolute atomic E-state index is 0.199. The summed E-state index contributed by atoms with van der Waals surface area (Å²) in [6.45, 7) is 2.15. The lowest BCUT2D eigenvalue weighted by molar-refractivity contribution is 0.0953. The van der Waals surface area contributed by atoms with E-state index in [0.717, 1.165) is 0 Å². The first-order valence-electron chi connectivity index (χ1n) is 8.47. The molecule has 0 aliphatic heterocycles. The Morgan fingerprint density at radius 3 is 2.71 bits per heavy atom. The lowest BCUT2D eigenvalue weighted by Gasteiger charge is -2.01. The quantitative estimate of drug-likeness (QED) is 0.505. The van der Waals surface area contributed by atoms with Crippen molar-refractivity contribution in [1.29, 1.82) is 0 Å². The summed E-state index contributed by atoms with van der Waals surface area (Å²) >= 11 is 1.27. The summed E-state index contributed by atoms with van der Waals surface area (Å²) in [5.41, 5.74) is 1.27. The van der Waals surface area contributed by atoms with Crippen LogP contribution in [0.5, 0.6) is 0 Å². The van der Waals surface area contributed by atoms with Gasteiger partial charge in [0.25, 0.3) is 5.91 Å². The number of nitrogens with one attached hydrogen (secondary N) is 2. The zero-order valence-electron chi connectivity index (χ0n) is 14.8. The zero-order chi connectivity index (χ0) is 19.3. The van der Waals surface area contributed by atoms with Crippen molar-refractivity contribution in [1.82, 2.24) is 45.4 Å². The SMILES string of the molecule is CCc1nc(-c2ncccn2)sc1C(=O)NCc1nc(-c2cnccn2)n[nH]1. The molecule has 4 aromatic rings. The van der Waals surface area contributed by atoms with Crippen LogP contribution >= 0.6 is 11.3 Å². The molecule has 0 bridgehead atoms. The van der Waals surface area contributed by atoms with Crippen molar-refractivity contribution in [3.05, 3.63) is 53.4 Å². The molecule has 0 aromatic carbocycles. The molecule has 0 fully saturated rings. The highest BCUT2D eigenvalue weighted by Crippen LogP contribution is 2.26. The van der Waals surface area contributed by atoms with Crippen molar-refractivity contribution < 1.29 is 4.79 Å². The predicted octanol–water partition coefficient (Wildman–Crippen LogP) is 1.67. The van der Waals surface area contributed by atoms with E-state index in [0.29, 0.717) is 45.2 Å². The molecule has 1 amide bonds. The van der Waals surface area contributed by atoms with E-state index in [1.807, 2.05) is 6.92 Å². The number of aromatic amines is 1. The molecular formula is C17H15N9OS. The fraction of sp³-hybridized carbons (Fsp3) is 0.176. The molecule has 10 nitrogen and oxygen atoms in total. The molecule has 140 valence electrons. The van der Waals surface area contributed by atoms with Crippen LogP contribution in [0.15, 0.2) is 37.1 Å². The number of carbonyl (C=O) groups excluding carboxylic acids is 1. The second kappa shape index (κ2) is 7.96. The van der Waals surface area contributed by atoms with Crippen LogP contribution in [0.2, 0.25) is 0 Å². The topological polar surface area (TPSA) is 135 Å². The van der Waals surface area contributed by atoms with Gasteiger partial charge in [-0.05, 0) is 12.5 Å². The second-order valence-corrected chi connectivity index (χ2v) is 6.60. The number of carbonyl (C=O) groups is 1. The molecule has 2 N–H and O–H groups in total. The smallest absolute Gasteiger partial charge is 0.263 e. The van der Waals surface area contributed by atoms with Gasteiger partial charge in [-0.15, -0.1) is 11.3 Å². The normalized spacial score (nSPS) is 10.8. The first-order valence-corrected chi connectivity index (χ1v) is 9.29. The molecule has 11 heteroatoms. The van der Waals surface area contributed by atoms with E-state index >= 15 is 0 Å². The van der Waals surface area contributed by atoms with Crippen LogP contribution in [0.25, 0.3) is 22.4 Å². The molecule has 0 atom stereocenters. The number of thiazole rings is 1. The van der Waals surface area contributed by atoms with Gasteiger partial charge in [0.1, 0.15) is 16.4 Å². The fourth-order valence-electron chi connectivity index (χ4n) is 2.42. The summed E-state index contributed by atoms with van der Waals surface area (Å²) in [5, 5.41) is 10.4. The van der Waals surface area contributed by atoms with Crippen LogP contribution in [-0.4, -0.2) is 46.0 Å². The number of aromatic nitrogens is 8. The van der Waals surface area contributed by atoms with E-state index < -0.39 is 0 Å². The Morgan fingerprint density at radius 1 is 1.11 bits per heavy atom. The zero-order valence-corrected chi connectivity index (χ0v) is 15.6. The Kier molecular flexibility index (Phi) is 5.06. The number of amides is 1. The Hall–Kier alpha value is -3.60. The van der Waals surface area contributed by atoms with Crippen molar-refractivity contribution >= 4 is 17.2 Å². The molecule has 0 unspecified atom stereocenters. The number of hydrogen-bond donors (Lipinski definition) is 2. The minimum Gasteiger partial charge on any atom is -0.344 e. The Balaban J connectivity index is 1.47. The average molecular weight is 393 g/mol. The highest BCUT2D eigenvalue weighted by molar-refractivity contribution is 7.17. The van der Waals surface area contributed by atoms with E-state index in [9.17, 15) is 4.79 Å². The highest BCUT2D eigenvalue weighted by atomic mass is 32.1. The van der Waals surface area contributed by atoms with E-state index in [1.54, 1.807) is 37.1 Å². The van der Waals surface area contributed by atoms with E-state index in [-0.39, 0.29) is 12.5 Å². The molecule has 4 heterocycles. The molecule has 0 saturated carbocycles. The van der Waals surface area contributed by atoms with Crippen LogP contribution in [0.3, 0.4) is 0 Å². The van der Waals surface area contributed by atoms with Crippen molar-refractivity contribution in [2.75, 3.05) is 0 Å². The van der Waals surface area contributed by atoms with E-state index in [1.165, 1.54) is 11.3 Å². The molecule has 0 aliphatic rings. The lowest BCUT2D eigenvalue weighted by Crippen LogP contribution is -2.23. The summed E-state index contributed by atoms with van der Waals surface area (Å²) in [5.74, 6) is 1.22. The Labute approximate surface area is 163 Å². The van der Waals surface area contributed by atoms with Gasteiger partial charge >= 0.3 is 0 Å². The van der Waals surface area contributed by atoms with E-state index in [2.05, 4.69) is 45.4 Å².